The number of aliphatic hydroxyl groups excluding tert-OH is 1. The van der Waals surface area contributed by atoms with Crippen LogP contribution in [0.15, 0.2) is 54.6 Å². The van der Waals surface area contributed by atoms with Gasteiger partial charge in [0.25, 0.3) is 0 Å². The minimum Gasteiger partial charge on any atom is -0.391 e. The number of imidazole rings is 1. The van der Waals surface area contributed by atoms with Crippen molar-refractivity contribution < 1.29 is 22.8 Å². The van der Waals surface area contributed by atoms with Crippen LogP contribution >= 0.6 is 23.2 Å². The summed E-state index contributed by atoms with van der Waals surface area (Å²) in [7, 11) is 1.99. The number of hydrogen-bond donors (Lipinski definition) is 1. The molecule has 3 aliphatic rings. The third-order valence-electron chi connectivity index (χ3n) is 8.10. The molecule has 6 nitrogen and oxygen atoms in total. The number of fused-ring (bicyclic) bond motifs is 2. The number of aliphatic hydroxyl groups is 1. The summed E-state index contributed by atoms with van der Waals surface area (Å²) in [5, 5.41) is 10.9. The zero-order chi connectivity index (χ0) is 27.5. The topological polar surface area (TPSA) is 48.4 Å². The molecule has 3 atom stereocenters. The summed E-state index contributed by atoms with van der Waals surface area (Å²) < 4.78 is 44.8. The highest BCUT2D eigenvalue weighted by atomic mass is 35.5. The molecule has 3 aromatic rings. The second-order valence-corrected chi connectivity index (χ2v) is 11.6. The number of β-amino-alcohol motifs (C(OH)–C–C–N with tert-alkyl or cyclic N) is 1. The number of alkyl halides is 3. The van der Waals surface area contributed by atoms with Crippen LogP contribution in [-0.4, -0.2) is 57.4 Å². The number of anilines is 1. The Labute approximate surface area is 234 Å². The van der Waals surface area contributed by atoms with Gasteiger partial charge in [0.15, 0.2) is 5.69 Å². The number of benzene rings is 1. The van der Waals surface area contributed by atoms with Gasteiger partial charge in [-0.1, -0.05) is 29.3 Å². The number of halogens is 5. The third kappa shape index (κ3) is 5.17. The van der Waals surface area contributed by atoms with Gasteiger partial charge in [0.1, 0.15) is 24.8 Å². The van der Waals surface area contributed by atoms with Gasteiger partial charge < -0.3 is 10.0 Å². The van der Waals surface area contributed by atoms with Crippen LogP contribution in [-0.2, 0) is 26.2 Å². The lowest BCUT2D eigenvalue weighted by Gasteiger charge is -2.39. The largest absolute Gasteiger partial charge is 0.434 e. The Morgan fingerprint density at radius 3 is 2.72 bits per heavy atom. The summed E-state index contributed by atoms with van der Waals surface area (Å²) in [6.07, 6.45) is 2.96. The van der Waals surface area contributed by atoms with Gasteiger partial charge in [0, 0.05) is 30.7 Å². The van der Waals surface area contributed by atoms with Gasteiger partial charge in [-0.25, -0.2) is 14.1 Å². The van der Waals surface area contributed by atoms with Crippen LogP contribution in [0.5, 0.6) is 0 Å². The van der Waals surface area contributed by atoms with E-state index < -0.39 is 23.0 Å². The molecular formula is C28H29Cl2F3N5O+. The monoisotopic (exact) mass is 578 g/mol. The number of hydrogen-bond acceptors (Lipinski definition) is 4. The molecule has 0 bridgehead atoms. The Bertz CT molecular complexity index is 1440. The molecule has 0 amide bonds. The molecule has 0 spiro atoms. The van der Waals surface area contributed by atoms with Crippen molar-refractivity contribution in [2.24, 2.45) is 7.05 Å². The first-order chi connectivity index (χ1) is 18.6. The Morgan fingerprint density at radius 2 is 1.97 bits per heavy atom. The second kappa shape index (κ2) is 10.1. The first-order valence-corrected chi connectivity index (χ1v) is 13.8. The van der Waals surface area contributed by atoms with Crippen molar-refractivity contribution in [1.82, 2.24) is 14.5 Å². The van der Waals surface area contributed by atoms with E-state index in [2.05, 4.69) is 26.6 Å². The van der Waals surface area contributed by atoms with E-state index in [1.807, 2.05) is 36.4 Å². The summed E-state index contributed by atoms with van der Waals surface area (Å²) in [6, 6.07) is 8.74. The van der Waals surface area contributed by atoms with Crippen molar-refractivity contribution in [2.45, 2.75) is 50.2 Å². The predicted octanol–water partition coefficient (Wildman–Crippen LogP) is 4.76. The Hall–Kier alpha value is -2.59. The van der Waals surface area contributed by atoms with Crippen LogP contribution in [0.1, 0.15) is 29.7 Å². The average Bonchev–Trinajstić information content (AvgIpc) is 3.56. The molecule has 0 radical (unpaired) electrons. The summed E-state index contributed by atoms with van der Waals surface area (Å²) >= 11 is 12.2. The summed E-state index contributed by atoms with van der Waals surface area (Å²) in [6.45, 7) is 2.36. The molecule has 1 N–H and O–H groups in total. The molecule has 4 heterocycles. The van der Waals surface area contributed by atoms with E-state index in [0.29, 0.717) is 13.0 Å². The number of aryl methyl sites for hydroxylation is 1. The van der Waals surface area contributed by atoms with Crippen LogP contribution in [0.2, 0.25) is 10.0 Å². The van der Waals surface area contributed by atoms with Crippen LogP contribution in [0, 0.1) is 0 Å². The van der Waals surface area contributed by atoms with Crippen LogP contribution in [0.3, 0.4) is 0 Å². The van der Waals surface area contributed by atoms with Crippen molar-refractivity contribution >= 4 is 34.6 Å². The highest BCUT2D eigenvalue weighted by Gasteiger charge is 2.41. The molecule has 1 saturated heterocycles. The quantitative estimate of drug-likeness (QED) is 0.444. The summed E-state index contributed by atoms with van der Waals surface area (Å²) in [4.78, 5) is 8.11. The van der Waals surface area contributed by atoms with Crippen molar-refractivity contribution in [3.05, 3.63) is 81.5 Å². The van der Waals surface area contributed by atoms with Gasteiger partial charge in [0.2, 0.25) is 6.33 Å². The maximum Gasteiger partial charge on any atom is 0.434 e. The molecule has 1 aliphatic carbocycles. The predicted molar refractivity (Wildman–Crippen MR) is 144 cm³/mol. The number of pyridine rings is 1. The van der Waals surface area contributed by atoms with Gasteiger partial charge >= 0.3 is 6.18 Å². The molecule has 0 saturated carbocycles. The zero-order valence-electron chi connectivity index (χ0n) is 21.4. The number of aromatic nitrogens is 3. The van der Waals surface area contributed by atoms with Crippen molar-refractivity contribution in [2.75, 3.05) is 24.5 Å². The van der Waals surface area contributed by atoms with Crippen LogP contribution < -0.4 is 9.47 Å². The third-order valence-corrected chi connectivity index (χ3v) is 8.64. The highest BCUT2D eigenvalue weighted by molar-refractivity contribution is 6.31. The molecule has 206 valence electrons. The molecule has 6 rings (SSSR count). The van der Waals surface area contributed by atoms with Crippen molar-refractivity contribution in [3.8, 4) is 0 Å². The standard InChI is InChI=1S/C28H29Cl2F3N5O/c1-35-8-9-36(16-35)15-25-23-10-17-2-3-18(29)11-22(17)21(23)6-7-37(25)13-19-12-20(39)14-38(19)26-5-4-24(30)27(34-26)28(31,32)33/h2-5,8-9,11,16,19-20,25,39H,6-7,10,12-15H2,1H3/q+1/t19?,20-,25?/m1/s1. The summed E-state index contributed by atoms with van der Waals surface area (Å²) in [5.41, 5.74) is 4.11. The van der Waals surface area contributed by atoms with E-state index >= 15 is 0 Å². The lowest BCUT2D eigenvalue weighted by atomic mass is 9.92. The normalized spacial score (nSPS) is 23.5. The van der Waals surface area contributed by atoms with Gasteiger partial charge in [0.05, 0.1) is 24.2 Å². The number of nitrogens with zero attached hydrogens (tertiary/aromatic N) is 5. The molecular weight excluding hydrogens is 550 g/mol. The minimum absolute atomic E-state index is 0.0934. The highest BCUT2D eigenvalue weighted by Crippen LogP contribution is 2.43. The second-order valence-electron chi connectivity index (χ2n) is 10.7. The smallest absolute Gasteiger partial charge is 0.391 e. The first kappa shape index (κ1) is 26.6. The number of rotatable bonds is 5. The van der Waals surface area contributed by atoms with E-state index in [0.717, 1.165) is 31.0 Å². The fourth-order valence-electron chi connectivity index (χ4n) is 6.37. The fourth-order valence-corrected chi connectivity index (χ4v) is 6.76. The van der Waals surface area contributed by atoms with E-state index in [9.17, 15) is 18.3 Å². The SMILES string of the molecule is C[n+]1ccn(CC2C3=C(CCN2CC2C[C@@H](O)CN2c2ccc(Cl)c(C(F)(F)F)n2)c2cc(Cl)ccc2C3)c1. The Kier molecular flexibility index (Phi) is 6.90. The Balaban J connectivity index is 1.31. The van der Waals surface area contributed by atoms with Crippen LogP contribution in [0.4, 0.5) is 19.0 Å². The molecule has 11 heteroatoms. The molecule has 2 aliphatic heterocycles. The van der Waals surface area contributed by atoms with Crippen molar-refractivity contribution in [1.29, 1.82) is 0 Å². The van der Waals surface area contributed by atoms with E-state index in [-0.39, 0.29) is 24.4 Å². The van der Waals surface area contributed by atoms with Gasteiger partial charge in [-0.15, -0.1) is 0 Å². The molecule has 39 heavy (non-hydrogen) atoms. The maximum absolute atomic E-state index is 13.5. The van der Waals surface area contributed by atoms with Crippen molar-refractivity contribution in [3.63, 3.8) is 0 Å². The average molecular weight is 579 g/mol. The Morgan fingerprint density at radius 1 is 1.15 bits per heavy atom. The van der Waals surface area contributed by atoms with Gasteiger partial charge in [-0.05, 0) is 65.8 Å². The lowest BCUT2D eigenvalue weighted by Crippen LogP contribution is -2.49. The molecule has 1 fully saturated rings. The molecule has 1 aromatic carbocycles. The van der Waals surface area contributed by atoms with E-state index in [1.54, 1.807) is 4.90 Å². The zero-order valence-corrected chi connectivity index (χ0v) is 22.9. The molecule has 2 unspecified atom stereocenters. The van der Waals surface area contributed by atoms with E-state index in [4.69, 9.17) is 23.2 Å². The van der Waals surface area contributed by atoms with E-state index in [1.165, 1.54) is 34.4 Å². The van der Waals surface area contributed by atoms with Gasteiger partial charge in [-0.2, -0.15) is 13.2 Å². The van der Waals surface area contributed by atoms with Crippen LogP contribution in [0.25, 0.3) is 5.57 Å². The van der Waals surface area contributed by atoms with Gasteiger partial charge in [-0.3, -0.25) is 4.90 Å². The fraction of sp³-hybridized carbons (Fsp3) is 0.429. The maximum atomic E-state index is 13.5. The lowest BCUT2D eigenvalue weighted by molar-refractivity contribution is -0.671. The minimum atomic E-state index is -4.66. The molecule has 2 aromatic heterocycles. The summed E-state index contributed by atoms with van der Waals surface area (Å²) in [5.74, 6) is 0.182. The first-order valence-electron chi connectivity index (χ1n) is 13.0.